The van der Waals surface area contributed by atoms with E-state index in [9.17, 15) is 14.4 Å². The number of aromatic nitrogens is 2. The van der Waals surface area contributed by atoms with E-state index in [4.69, 9.17) is 5.11 Å². The van der Waals surface area contributed by atoms with Gasteiger partial charge in [0.1, 0.15) is 0 Å². The average Bonchev–Trinajstić information content (AvgIpc) is 2.74. The van der Waals surface area contributed by atoms with Crippen LogP contribution < -0.4 is 10.6 Å². The maximum absolute atomic E-state index is 11.4. The van der Waals surface area contributed by atoms with E-state index in [0.29, 0.717) is 13.1 Å². The van der Waals surface area contributed by atoms with Crippen LogP contribution in [0.3, 0.4) is 0 Å². The van der Waals surface area contributed by atoms with Gasteiger partial charge < -0.3 is 10.4 Å². The Labute approximate surface area is 116 Å². The van der Waals surface area contributed by atoms with E-state index in [1.807, 2.05) is 13.1 Å². The first-order valence-corrected chi connectivity index (χ1v) is 6.26. The molecule has 0 bridgehead atoms. The second-order valence-corrected chi connectivity index (χ2v) is 4.33. The van der Waals surface area contributed by atoms with Crippen LogP contribution in [0, 0.1) is 6.92 Å². The molecule has 1 aromatic rings. The standard InChI is InChI=1S/C12H18N4O4/c1-9-7-14-16(8-9)6-5-13-12(20)15-10(17)3-2-4-11(18)19/h7-8H,2-6H2,1H3,(H,18,19)(H2,13,15,17,20). The van der Waals surface area contributed by atoms with Gasteiger partial charge in [-0.1, -0.05) is 0 Å². The molecule has 1 rings (SSSR count). The first kappa shape index (κ1) is 15.7. The van der Waals surface area contributed by atoms with Gasteiger partial charge >= 0.3 is 12.0 Å². The predicted octanol–water partition coefficient (Wildman–Crippen LogP) is 0.272. The van der Waals surface area contributed by atoms with Crippen LogP contribution in [0.5, 0.6) is 0 Å². The average molecular weight is 282 g/mol. The van der Waals surface area contributed by atoms with E-state index >= 15 is 0 Å². The zero-order chi connectivity index (χ0) is 15.0. The minimum Gasteiger partial charge on any atom is -0.481 e. The monoisotopic (exact) mass is 282 g/mol. The third kappa shape index (κ3) is 6.53. The first-order chi connectivity index (χ1) is 9.47. The number of hydrogen-bond donors (Lipinski definition) is 3. The summed E-state index contributed by atoms with van der Waals surface area (Å²) < 4.78 is 1.68. The Morgan fingerprint density at radius 3 is 2.70 bits per heavy atom. The van der Waals surface area contributed by atoms with Gasteiger partial charge in [0.15, 0.2) is 0 Å². The highest BCUT2D eigenvalue weighted by Crippen LogP contribution is 1.95. The van der Waals surface area contributed by atoms with E-state index in [1.165, 1.54) is 0 Å². The van der Waals surface area contributed by atoms with Crippen LogP contribution in [0.25, 0.3) is 0 Å². The summed E-state index contributed by atoms with van der Waals surface area (Å²) in [5, 5.41) is 17.1. The van der Waals surface area contributed by atoms with Crippen LogP contribution in [0.4, 0.5) is 4.79 Å². The van der Waals surface area contributed by atoms with Crippen molar-refractivity contribution in [1.82, 2.24) is 20.4 Å². The molecule has 0 aliphatic heterocycles. The van der Waals surface area contributed by atoms with Gasteiger partial charge in [-0.2, -0.15) is 5.10 Å². The van der Waals surface area contributed by atoms with Gasteiger partial charge in [-0.15, -0.1) is 0 Å². The molecule has 0 saturated heterocycles. The Bertz CT molecular complexity index is 484. The van der Waals surface area contributed by atoms with E-state index in [0.717, 1.165) is 5.56 Å². The number of hydrogen-bond acceptors (Lipinski definition) is 4. The van der Waals surface area contributed by atoms with Crippen LogP contribution in [0.15, 0.2) is 12.4 Å². The van der Waals surface area contributed by atoms with E-state index in [2.05, 4.69) is 15.7 Å². The lowest BCUT2D eigenvalue weighted by Gasteiger charge is -2.06. The normalized spacial score (nSPS) is 10.1. The summed E-state index contributed by atoms with van der Waals surface area (Å²) in [6, 6.07) is -0.589. The minimum atomic E-state index is -0.961. The van der Waals surface area contributed by atoms with Crippen molar-refractivity contribution in [2.45, 2.75) is 32.7 Å². The third-order valence-electron chi connectivity index (χ3n) is 2.44. The number of rotatable bonds is 7. The molecule has 0 fully saturated rings. The highest BCUT2D eigenvalue weighted by molar-refractivity contribution is 5.94. The summed E-state index contributed by atoms with van der Waals surface area (Å²) >= 11 is 0. The van der Waals surface area contributed by atoms with Crippen molar-refractivity contribution < 1.29 is 19.5 Å². The zero-order valence-corrected chi connectivity index (χ0v) is 11.3. The number of urea groups is 1. The molecule has 0 aliphatic carbocycles. The summed E-state index contributed by atoms with van der Waals surface area (Å²) in [5.41, 5.74) is 1.03. The fourth-order valence-electron chi connectivity index (χ4n) is 1.51. The second kappa shape index (κ2) is 7.93. The Kier molecular flexibility index (Phi) is 6.21. The molecule has 1 heterocycles. The molecule has 8 heteroatoms. The van der Waals surface area contributed by atoms with E-state index < -0.39 is 17.9 Å². The van der Waals surface area contributed by atoms with Crippen molar-refractivity contribution in [3.8, 4) is 0 Å². The molecule has 1 aromatic heterocycles. The minimum absolute atomic E-state index is 0.0120. The van der Waals surface area contributed by atoms with Crippen LogP contribution in [0.2, 0.25) is 0 Å². The molecule has 8 nitrogen and oxygen atoms in total. The lowest BCUT2D eigenvalue weighted by molar-refractivity contribution is -0.137. The topological polar surface area (TPSA) is 113 Å². The smallest absolute Gasteiger partial charge is 0.321 e. The Balaban J connectivity index is 2.13. The number of carboxylic acids is 1. The van der Waals surface area contributed by atoms with E-state index in [1.54, 1.807) is 10.9 Å². The van der Waals surface area contributed by atoms with Crippen molar-refractivity contribution in [3.05, 3.63) is 18.0 Å². The fraction of sp³-hybridized carbons (Fsp3) is 0.500. The second-order valence-electron chi connectivity index (χ2n) is 4.33. The van der Waals surface area contributed by atoms with Gasteiger partial charge in [-0.3, -0.25) is 19.6 Å². The lowest BCUT2D eigenvalue weighted by atomic mass is 10.2. The van der Waals surface area contributed by atoms with E-state index in [-0.39, 0.29) is 19.3 Å². The molecule has 0 aromatic carbocycles. The van der Waals surface area contributed by atoms with Gasteiger partial charge in [-0.05, 0) is 18.9 Å². The largest absolute Gasteiger partial charge is 0.481 e. The quantitative estimate of drug-likeness (QED) is 0.664. The summed E-state index contributed by atoms with van der Waals surface area (Å²) in [6.45, 7) is 2.77. The fourth-order valence-corrected chi connectivity index (χ4v) is 1.51. The number of nitrogens with one attached hydrogen (secondary N) is 2. The zero-order valence-electron chi connectivity index (χ0n) is 11.3. The number of imide groups is 1. The van der Waals surface area contributed by atoms with Crippen LogP contribution in [-0.2, 0) is 16.1 Å². The highest BCUT2D eigenvalue weighted by atomic mass is 16.4. The molecule has 0 radical (unpaired) electrons. The third-order valence-corrected chi connectivity index (χ3v) is 2.44. The molecule has 0 spiro atoms. The SMILES string of the molecule is Cc1cnn(CCNC(=O)NC(=O)CCCC(=O)O)c1. The van der Waals surface area contributed by atoms with Gasteiger partial charge in [0, 0.05) is 25.6 Å². The maximum atomic E-state index is 11.4. The van der Waals surface area contributed by atoms with Gasteiger partial charge in [0.25, 0.3) is 0 Å². The summed E-state index contributed by atoms with van der Waals surface area (Å²) in [7, 11) is 0. The summed E-state index contributed by atoms with van der Waals surface area (Å²) in [6.07, 6.45) is 3.69. The molecule has 110 valence electrons. The highest BCUT2D eigenvalue weighted by Gasteiger charge is 2.08. The molecule has 0 atom stereocenters. The van der Waals surface area contributed by atoms with Crippen molar-refractivity contribution in [1.29, 1.82) is 0 Å². The first-order valence-electron chi connectivity index (χ1n) is 6.26. The van der Waals surface area contributed by atoms with Gasteiger partial charge in [0.2, 0.25) is 5.91 Å². The van der Waals surface area contributed by atoms with Gasteiger partial charge in [-0.25, -0.2) is 4.79 Å². The number of carbonyl (C=O) groups is 3. The molecule has 3 N–H and O–H groups in total. The van der Waals surface area contributed by atoms with Crippen LogP contribution in [0.1, 0.15) is 24.8 Å². The van der Waals surface area contributed by atoms with Crippen molar-refractivity contribution >= 4 is 17.9 Å². The number of carboxylic acid groups (broad SMARTS) is 1. The van der Waals surface area contributed by atoms with Crippen LogP contribution >= 0.6 is 0 Å². The Morgan fingerprint density at radius 1 is 1.35 bits per heavy atom. The maximum Gasteiger partial charge on any atom is 0.321 e. The molecule has 3 amide bonds. The molecule has 20 heavy (non-hydrogen) atoms. The summed E-state index contributed by atoms with van der Waals surface area (Å²) in [4.78, 5) is 32.9. The number of aliphatic carboxylic acids is 1. The predicted molar refractivity (Wildman–Crippen MR) is 70.0 cm³/mol. The van der Waals surface area contributed by atoms with Crippen molar-refractivity contribution in [2.24, 2.45) is 0 Å². The van der Waals surface area contributed by atoms with Gasteiger partial charge in [0.05, 0.1) is 12.7 Å². The molecule has 0 saturated carbocycles. The molecular formula is C12H18N4O4. The lowest BCUT2D eigenvalue weighted by Crippen LogP contribution is -2.40. The van der Waals surface area contributed by atoms with Crippen molar-refractivity contribution in [2.75, 3.05) is 6.54 Å². The van der Waals surface area contributed by atoms with Crippen molar-refractivity contribution in [3.63, 3.8) is 0 Å². The molecule has 0 unspecified atom stereocenters. The Hall–Kier alpha value is -2.38. The summed E-state index contributed by atoms with van der Waals surface area (Å²) in [5.74, 6) is -1.45. The molecular weight excluding hydrogens is 264 g/mol. The van der Waals surface area contributed by atoms with Crippen LogP contribution in [-0.4, -0.2) is 39.3 Å². The number of aryl methyl sites for hydroxylation is 1. The number of amides is 3. The number of carbonyl (C=O) groups excluding carboxylic acids is 2. The Morgan fingerprint density at radius 2 is 2.10 bits per heavy atom. The molecule has 0 aliphatic rings. The number of nitrogens with zero attached hydrogens (tertiary/aromatic N) is 2.